The molecule has 5 heteroatoms. The van der Waals surface area contributed by atoms with Crippen LogP contribution in [0.15, 0.2) is 12.2 Å². The van der Waals surface area contributed by atoms with Crippen LogP contribution in [-0.2, 0) is 14.3 Å². The van der Waals surface area contributed by atoms with E-state index in [4.69, 9.17) is 9.47 Å². The molecular weight excluding hydrogens is 222 g/mol. The van der Waals surface area contributed by atoms with Gasteiger partial charge in [-0.3, -0.25) is 0 Å². The third kappa shape index (κ3) is 8.30. The fraction of sp³-hybridized carbons (Fsp3) is 0.667. The van der Waals surface area contributed by atoms with Crippen LogP contribution in [0.4, 0.5) is 4.79 Å². The fourth-order valence-electron chi connectivity index (χ4n) is 0.912. The van der Waals surface area contributed by atoms with Gasteiger partial charge in [0, 0.05) is 19.7 Å². The SMILES string of the molecule is CCOC(=O)/C=C/CN(C)C(=O)OC(C)(C)C. The second-order valence-corrected chi connectivity index (χ2v) is 4.52. The largest absolute Gasteiger partial charge is 0.463 e. The summed E-state index contributed by atoms with van der Waals surface area (Å²) in [4.78, 5) is 23.9. The summed E-state index contributed by atoms with van der Waals surface area (Å²) in [7, 11) is 1.60. The van der Waals surface area contributed by atoms with Gasteiger partial charge in [-0.25, -0.2) is 9.59 Å². The molecule has 1 amide bonds. The first kappa shape index (κ1) is 15.5. The number of rotatable bonds is 4. The Balaban J connectivity index is 4.05. The van der Waals surface area contributed by atoms with Crippen molar-refractivity contribution in [3.63, 3.8) is 0 Å². The van der Waals surface area contributed by atoms with E-state index in [-0.39, 0.29) is 0 Å². The number of amides is 1. The summed E-state index contributed by atoms with van der Waals surface area (Å²) >= 11 is 0. The first-order valence-corrected chi connectivity index (χ1v) is 5.53. The standard InChI is InChI=1S/C12H21NO4/c1-6-16-10(14)8-7-9-13(5)11(15)17-12(2,3)4/h7-8H,6,9H2,1-5H3/b8-7+. The van der Waals surface area contributed by atoms with Crippen LogP contribution in [0.3, 0.4) is 0 Å². The number of likely N-dealkylation sites (N-methyl/N-ethyl adjacent to an activating group) is 1. The quantitative estimate of drug-likeness (QED) is 0.559. The smallest absolute Gasteiger partial charge is 0.410 e. The van der Waals surface area contributed by atoms with Crippen LogP contribution < -0.4 is 0 Å². The van der Waals surface area contributed by atoms with Gasteiger partial charge in [0.1, 0.15) is 5.60 Å². The topological polar surface area (TPSA) is 55.8 Å². The van der Waals surface area contributed by atoms with Gasteiger partial charge in [0.2, 0.25) is 0 Å². The van der Waals surface area contributed by atoms with Crippen molar-refractivity contribution in [2.75, 3.05) is 20.2 Å². The summed E-state index contributed by atoms with van der Waals surface area (Å²) < 4.78 is 9.85. The van der Waals surface area contributed by atoms with Crippen molar-refractivity contribution >= 4 is 12.1 Å². The van der Waals surface area contributed by atoms with Crippen LogP contribution in [0.2, 0.25) is 0 Å². The summed E-state index contributed by atoms with van der Waals surface area (Å²) in [6.45, 7) is 7.77. The van der Waals surface area contributed by atoms with Gasteiger partial charge in [-0.2, -0.15) is 0 Å². The van der Waals surface area contributed by atoms with Gasteiger partial charge in [-0.15, -0.1) is 0 Å². The predicted octanol–water partition coefficient (Wildman–Crippen LogP) is 1.97. The van der Waals surface area contributed by atoms with E-state index in [0.717, 1.165) is 0 Å². The average Bonchev–Trinajstić information content (AvgIpc) is 2.15. The maximum atomic E-state index is 11.5. The van der Waals surface area contributed by atoms with Crippen LogP contribution in [0, 0.1) is 0 Å². The van der Waals surface area contributed by atoms with Gasteiger partial charge in [0.25, 0.3) is 0 Å². The summed E-state index contributed by atoms with van der Waals surface area (Å²) in [5, 5.41) is 0. The molecule has 0 spiro atoms. The molecule has 98 valence electrons. The molecule has 17 heavy (non-hydrogen) atoms. The van der Waals surface area contributed by atoms with Gasteiger partial charge in [-0.1, -0.05) is 6.08 Å². The molecule has 0 fully saturated rings. The minimum atomic E-state index is -0.518. The van der Waals surface area contributed by atoms with Crippen molar-refractivity contribution in [2.45, 2.75) is 33.3 Å². The molecule has 0 radical (unpaired) electrons. The minimum absolute atomic E-state index is 0.299. The van der Waals surface area contributed by atoms with Crippen molar-refractivity contribution in [1.29, 1.82) is 0 Å². The van der Waals surface area contributed by atoms with Crippen molar-refractivity contribution in [2.24, 2.45) is 0 Å². The Labute approximate surface area is 102 Å². The molecular formula is C12H21NO4. The number of ether oxygens (including phenoxy) is 2. The third-order valence-electron chi connectivity index (χ3n) is 1.62. The zero-order chi connectivity index (χ0) is 13.5. The Bertz CT molecular complexity index is 291. The van der Waals surface area contributed by atoms with Gasteiger partial charge in [0.15, 0.2) is 0 Å². The maximum Gasteiger partial charge on any atom is 0.410 e. The lowest BCUT2D eigenvalue weighted by Gasteiger charge is -2.23. The monoisotopic (exact) mass is 243 g/mol. The van der Waals surface area contributed by atoms with E-state index in [1.54, 1.807) is 40.8 Å². The lowest BCUT2D eigenvalue weighted by atomic mass is 10.2. The zero-order valence-corrected chi connectivity index (χ0v) is 11.1. The Kier molecular flexibility index (Phi) is 6.31. The first-order valence-electron chi connectivity index (χ1n) is 5.53. The minimum Gasteiger partial charge on any atom is -0.463 e. The van der Waals surface area contributed by atoms with Crippen LogP contribution in [0.25, 0.3) is 0 Å². The molecule has 0 aliphatic rings. The van der Waals surface area contributed by atoms with E-state index in [1.807, 2.05) is 0 Å². The van der Waals surface area contributed by atoms with E-state index >= 15 is 0 Å². The van der Waals surface area contributed by atoms with E-state index in [9.17, 15) is 9.59 Å². The van der Waals surface area contributed by atoms with Crippen LogP contribution in [-0.4, -0.2) is 42.8 Å². The molecule has 0 aliphatic carbocycles. The first-order chi connectivity index (χ1) is 7.76. The molecule has 0 rings (SSSR count). The van der Waals surface area contributed by atoms with Gasteiger partial charge >= 0.3 is 12.1 Å². The molecule has 0 heterocycles. The Hall–Kier alpha value is -1.52. The number of nitrogens with zero attached hydrogens (tertiary/aromatic N) is 1. The second-order valence-electron chi connectivity index (χ2n) is 4.52. The van der Waals surface area contributed by atoms with Gasteiger partial charge < -0.3 is 14.4 Å². The summed E-state index contributed by atoms with van der Waals surface area (Å²) in [6, 6.07) is 0. The fourth-order valence-corrected chi connectivity index (χ4v) is 0.912. The molecule has 0 saturated heterocycles. The highest BCUT2D eigenvalue weighted by Gasteiger charge is 2.18. The lowest BCUT2D eigenvalue weighted by molar-refractivity contribution is -0.137. The number of carbonyl (C=O) groups is 2. The van der Waals surface area contributed by atoms with Gasteiger partial charge in [-0.05, 0) is 27.7 Å². The van der Waals surface area contributed by atoms with Crippen molar-refractivity contribution in [3.8, 4) is 0 Å². The molecule has 5 nitrogen and oxygen atoms in total. The van der Waals surface area contributed by atoms with Gasteiger partial charge in [0.05, 0.1) is 6.61 Å². The number of esters is 1. The van der Waals surface area contributed by atoms with Crippen LogP contribution in [0.1, 0.15) is 27.7 Å². The van der Waals surface area contributed by atoms with Crippen LogP contribution >= 0.6 is 0 Å². The molecule has 0 atom stereocenters. The Morgan fingerprint density at radius 2 is 1.88 bits per heavy atom. The highest BCUT2D eigenvalue weighted by atomic mass is 16.6. The molecule has 0 bridgehead atoms. The molecule has 0 N–H and O–H groups in total. The van der Waals surface area contributed by atoms with E-state index in [0.29, 0.717) is 13.2 Å². The Morgan fingerprint density at radius 3 is 2.35 bits per heavy atom. The van der Waals surface area contributed by atoms with E-state index in [2.05, 4.69) is 0 Å². The van der Waals surface area contributed by atoms with Crippen molar-refractivity contribution < 1.29 is 19.1 Å². The molecule has 0 aromatic rings. The third-order valence-corrected chi connectivity index (χ3v) is 1.62. The summed E-state index contributed by atoms with van der Waals surface area (Å²) in [5.41, 5.74) is -0.518. The normalized spacial score (nSPS) is 11.4. The molecule has 0 aromatic carbocycles. The Morgan fingerprint density at radius 1 is 1.29 bits per heavy atom. The molecule has 0 aromatic heterocycles. The molecule has 0 saturated carbocycles. The zero-order valence-electron chi connectivity index (χ0n) is 11.1. The summed E-state index contributed by atoms with van der Waals surface area (Å²) in [6.07, 6.45) is 2.43. The van der Waals surface area contributed by atoms with E-state index < -0.39 is 17.7 Å². The molecule has 0 aliphatic heterocycles. The highest BCUT2D eigenvalue weighted by molar-refractivity contribution is 5.82. The number of hydrogen-bond acceptors (Lipinski definition) is 4. The molecule has 0 unspecified atom stereocenters. The lowest BCUT2D eigenvalue weighted by Crippen LogP contribution is -2.34. The summed E-state index contributed by atoms with van der Waals surface area (Å²) in [5.74, 6) is -0.412. The second kappa shape index (κ2) is 6.93. The highest BCUT2D eigenvalue weighted by Crippen LogP contribution is 2.08. The number of hydrogen-bond donors (Lipinski definition) is 0. The average molecular weight is 243 g/mol. The number of carbonyl (C=O) groups excluding carboxylic acids is 2. The predicted molar refractivity (Wildman–Crippen MR) is 64.6 cm³/mol. The van der Waals surface area contributed by atoms with Crippen molar-refractivity contribution in [3.05, 3.63) is 12.2 Å². The maximum absolute atomic E-state index is 11.5. The van der Waals surface area contributed by atoms with E-state index in [1.165, 1.54) is 11.0 Å². The van der Waals surface area contributed by atoms with Crippen LogP contribution in [0.5, 0.6) is 0 Å². The van der Waals surface area contributed by atoms with Crippen molar-refractivity contribution in [1.82, 2.24) is 4.90 Å².